The topological polar surface area (TPSA) is 42.2 Å². The summed E-state index contributed by atoms with van der Waals surface area (Å²) in [6, 6.07) is 3.61. The van der Waals surface area contributed by atoms with E-state index < -0.39 is 17.7 Å². The van der Waals surface area contributed by atoms with Gasteiger partial charge in [0.15, 0.2) is 0 Å². The monoisotopic (exact) mass is 299 g/mol. The molecular formula is C15H16F3NO2. The molecule has 6 heteroatoms. The summed E-state index contributed by atoms with van der Waals surface area (Å²) in [4.78, 5) is 10.8. The number of hydrogen-bond acceptors (Lipinski definition) is 1. The number of hydrogen-bond donors (Lipinski definition) is 1. The highest BCUT2D eigenvalue weighted by molar-refractivity contribution is 5.86. The van der Waals surface area contributed by atoms with Gasteiger partial charge in [0.25, 0.3) is 0 Å². The maximum Gasteiger partial charge on any atom is 0.416 e. The molecular weight excluding hydrogens is 283 g/mol. The third-order valence-corrected chi connectivity index (χ3v) is 3.59. The molecule has 3 nitrogen and oxygen atoms in total. The summed E-state index contributed by atoms with van der Waals surface area (Å²) in [6.07, 6.45) is -2.77. The van der Waals surface area contributed by atoms with E-state index in [9.17, 15) is 18.0 Å². The molecule has 2 aromatic rings. The van der Waals surface area contributed by atoms with Crippen molar-refractivity contribution in [2.45, 2.75) is 38.9 Å². The first kappa shape index (κ1) is 15.4. The second kappa shape index (κ2) is 5.42. The van der Waals surface area contributed by atoms with Crippen molar-refractivity contribution in [1.29, 1.82) is 0 Å². The fraction of sp³-hybridized carbons (Fsp3) is 0.400. The molecule has 21 heavy (non-hydrogen) atoms. The van der Waals surface area contributed by atoms with Crippen LogP contribution in [0.2, 0.25) is 0 Å². The van der Waals surface area contributed by atoms with Gasteiger partial charge in [0.2, 0.25) is 0 Å². The van der Waals surface area contributed by atoms with Crippen molar-refractivity contribution in [1.82, 2.24) is 4.57 Å². The molecule has 0 fully saturated rings. The number of carboxylic acids is 1. The number of aliphatic carboxylic acids is 1. The number of fused-ring (bicyclic) bond motifs is 1. The van der Waals surface area contributed by atoms with E-state index in [1.807, 2.05) is 11.5 Å². The Hall–Kier alpha value is -1.98. The molecule has 0 aliphatic rings. The number of carbonyl (C=O) groups is 1. The van der Waals surface area contributed by atoms with Crippen molar-refractivity contribution in [2.24, 2.45) is 0 Å². The van der Waals surface area contributed by atoms with Crippen molar-refractivity contribution in [3.8, 4) is 0 Å². The van der Waals surface area contributed by atoms with Gasteiger partial charge in [-0.3, -0.25) is 4.79 Å². The zero-order valence-electron chi connectivity index (χ0n) is 11.7. The molecule has 0 spiro atoms. The molecule has 0 aliphatic carbocycles. The van der Waals surface area contributed by atoms with Crippen LogP contribution in [0.1, 0.15) is 37.3 Å². The van der Waals surface area contributed by atoms with Crippen LogP contribution in [0.3, 0.4) is 0 Å². The predicted molar refractivity (Wildman–Crippen MR) is 73.3 cm³/mol. The van der Waals surface area contributed by atoms with E-state index in [1.54, 1.807) is 13.1 Å². The van der Waals surface area contributed by atoms with Crippen LogP contribution in [0.4, 0.5) is 13.2 Å². The average molecular weight is 299 g/mol. The molecule has 1 N–H and O–H groups in total. The van der Waals surface area contributed by atoms with Gasteiger partial charge in [-0.1, -0.05) is 6.92 Å². The Kier molecular flexibility index (Phi) is 3.98. The molecule has 0 bridgehead atoms. The molecule has 0 saturated heterocycles. The standard InChI is InChI=1S/C15H16F3NO2/c1-3-19-8-12(9(2)6-14(20)21)11-7-10(15(16,17)18)4-5-13(11)19/h4-5,7-9H,3,6H2,1-2H3,(H,20,21). The highest BCUT2D eigenvalue weighted by atomic mass is 19.4. The minimum Gasteiger partial charge on any atom is -0.481 e. The van der Waals surface area contributed by atoms with Gasteiger partial charge in [-0.25, -0.2) is 0 Å². The van der Waals surface area contributed by atoms with E-state index in [2.05, 4.69) is 0 Å². The first-order valence-corrected chi connectivity index (χ1v) is 6.65. The van der Waals surface area contributed by atoms with Gasteiger partial charge in [-0.2, -0.15) is 13.2 Å². The van der Waals surface area contributed by atoms with Crippen LogP contribution in [-0.4, -0.2) is 15.6 Å². The molecule has 1 heterocycles. The first-order chi connectivity index (χ1) is 9.74. The van der Waals surface area contributed by atoms with E-state index in [-0.39, 0.29) is 12.3 Å². The van der Waals surface area contributed by atoms with Crippen molar-refractivity contribution >= 4 is 16.9 Å². The number of aryl methyl sites for hydroxylation is 1. The molecule has 1 atom stereocenters. The largest absolute Gasteiger partial charge is 0.481 e. The van der Waals surface area contributed by atoms with Crippen LogP contribution in [0.15, 0.2) is 24.4 Å². The summed E-state index contributed by atoms with van der Waals surface area (Å²) in [5.41, 5.74) is 0.616. The zero-order valence-corrected chi connectivity index (χ0v) is 11.7. The van der Waals surface area contributed by atoms with E-state index in [0.717, 1.165) is 12.1 Å². The quantitative estimate of drug-likeness (QED) is 0.916. The summed E-state index contributed by atoms with van der Waals surface area (Å²) in [5.74, 6) is -1.31. The van der Waals surface area contributed by atoms with Crippen molar-refractivity contribution in [3.05, 3.63) is 35.5 Å². The molecule has 0 amide bonds. The van der Waals surface area contributed by atoms with Crippen LogP contribution in [-0.2, 0) is 17.5 Å². The summed E-state index contributed by atoms with van der Waals surface area (Å²) in [7, 11) is 0. The molecule has 0 saturated carbocycles. The molecule has 2 rings (SSSR count). The van der Waals surface area contributed by atoms with E-state index in [0.29, 0.717) is 23.0 Å². The van der Waals surface area contributed by atoms with Gasteiger partial charge in [-0.15, -0.1) is 0 Å². The van der Waals surface area contributed by atoms with Crippen LogP contribution in [0.25, 0.3) is 10.9 Å². The number of alkyl halides is 3. The van der Waals surface area contributed by atoms with Gasteiger partial charge in [0.05, 0.1) is 12.0 Å². The third kappa shape index (κ3) is 3.04. The normalized spacial score (nSPS) is 13.6. The summed E-state index contributed by atoms with van der Waals surface area (Å²) >= 11 is 0. The number of carboxylic acid groups (broad SMARTS) is 1. The lowest BCUT2D eigenvalue weighted by Crippen LogP contribution is -2.05. The number of aromatic nitrogens is 1. The van der Waals surface area contributed by atoms with Crippen LogP contribution in [0.5, 0.6) is 0 Å². The average Bonchev–Trinajstić information content (AvgIpc) is 2.74. The summed E-state index contributed by atoms with van der Waals surface area (Å²) in [6.45, 7) is 4.22. The Morgan fingerprint density at radius 1 is 1.38 bits per heavy atom. The van der Waals surface area contributed by atoms with Gasteiger partial charge in [0, 0.05) is 23.6 Å². The Morgan fingerprint density at radius 2 is 2.05 bits per heavy atom. The molecule has 0 radical (unpaired) electrons. The minimum atomic E-state index is -4.41. The highest BCUT2D eigenvalue weighted by Crippen LogP contribution is 2.35. The molecule has 1 aromatic heterocycles. The zero-order chi connectivity index (χ0) is 15.8. The molecule has 1 unspecified atom stereocenters. The number of benzene rings is 1. The minimum absolute atomic E-state index is 0.112. The van der Waals surface area contributed by atoms with Gasteiger partial charge in [0.1, 0.15) is 0 Å². The lowest BCUT2D eigenvalue weighted by molar-refractivity contribution is -0.138. The van der Waals surface area contributed by atoms with Gasteiger partial charge in [-0.05, 0) is 36.6 Å². The van der Waals surface area contributed by atoms with Crippen molar-refractivity contribution < 1.29 is 23.1 Å². The van der Waals surface area contributed by atoms with E-state index in [1.165, 1.54) is 6.07 Å². The second-order valence-electron chi connectivity index (χ2n) is 5.10. The lowest BCUT2D eigenvalue weighted by Gasteiger charge is -2.10. The Bertz CT molecular complexity index is 673. The summed E-state index contributed by atoms with van der Waals surface area (Å²) in [5, 5.41) is 9.35. The highest BCUT2D eigenvalue weighted by Gasteiger charge is 2.31. The van der Waals surface area contributed by atoms with Crippen LogP contribution >= 0.6 is 0 Å². The molecule has 1 aromatic carbocycles. The third-order valence-electron chi connectivity index (χ3n) is 3.59. The maximum atomic E-state index is 12.8. The predicted octanol–water partition coefficient (Wildman–Crippen LogP) is 4.26. The second-order valence-corrected chi connectivity index (χ2v) is 5.10. The summed E-state index contributed by atoms with van der Waals surface area (Å²) < 4.78 is 40.4. The Balaban J connectivity index is 2.61. The number of nitrogens with zero attached hydrogens (tertiary/aromatic N) is 1. The molecule has 114 valence electrons. The van der Waals surface area contributed by atoms with Crippen LogP contribution in [0, 0.1) is 0 Å². The molecule has 0 aliphatic heterocycles. The lowest BCUT2D eigenvalue weighted by atomic mass is 9.96. The Labute approximate surface area is 120 Å². The number of halogens is 3. The SMILES string of the molecule is CCn1cc(C(C)CC(=O)O)c2cc(C(F)(F)F)ccc21. The van der Waals surface area contributed by atoms with Crippen molar-refractivity contribution in [3.63, 3.8) is 0 Å². The van der Waals surface area contributed by atoms with Gasteiger partial charge >= 0.3 is 12.1 Å². The Morgan fingerprint density at radius 3 is 2.57 bits per heavy atom. The maximum absolute atomic E-state index is 12.8. The fourth-order valence-electron chi connectivity index (χ4n) is 2.53. The van der Waals surface area contributed by atoms with E-state index >= 15 is 0 Å². The van der Waals surface area contributed by atoms with Crippen molar-refractivity contribution in [2.75, 3.05) is 0 Å². The van der Waals surface area contributed by atoms with Gasteiger partial charge < -0.3 is 9.67 Å². The van der Waals surface area contributed by atoms with E-state index in [4.69, 9.17) is 5.11 Å². The first-order valence-electron chi connectivity index (χ1n) is 6.65. The van der Waals surface area contributed by atoms with Crippen LogP contribution < -0.4 is 0 Å². The number of rotatable bonds is 4. The fourth-order valence-corrected chi connectivity index (χ4v) is 2.53. The smallest absolute Gasteiger partial charge is 0.416 e.